The average Bonchev–Trinajstić information content (AvgIpc) is 3.58. The summed E-state index contributed by atoms with van der Waals surface area (Å²) < 4.78 is 17.7. The molecule has 1 spiro atoms. The molecular weight excluding hydrogens is 486 g/mol. The maximum Gasteiger partial charge on any atom is 0.338 e. The van der Waals surface area contributed by atoms with Gasteiger partial charge in [0.25, 0.3) is 0 Å². The summed E-state index contributed by atoms with van der Waals surface area (Å²) in [6, 6.07) is 28.0. The molecule has 1 amide bonds. The van der Waals surface area contributed by atoms with Crippen molar-refractivity contribution in [1.82, 2.24) is 4.48 Å². The molecule has 0 aliphatic carbocycles. The first-order valence-corrected chi connectivity index (χ1v) is 12.8. The van der Waals surface area contributed by atoms with Crippen LogP contribution in [0.2, 0.25) is 5.02 Å². The Morgan fingerprint density at radius 2 is 1.46 bits per heavy atom. The topological polar surface area (TPSA) is 44.8 Å². The van der Waals surface area contributed by atoms with E-state index in [-0.39, 0.29) is 23.8 Å². The lowest BCUT2D eigenvalue weighted by atomic mass is 9.77. The third-order valence-corrected chi connectivity index (χ3v) is 8.43. The van der Waals surface area contributed by atoms with Gasteiger partial charge in [-0.3, -0.25) is 0 Å². The van der Waals surface area contributed by atoms with Crippen molar-refractivity contribution in [3.05, 3.63) is 118 Å². The predicted octanol–water partition coefficient (Wildman–Crippen LogP) is 6.30. The molecule has 3 aliphatic heterocycles. The van der Waals surface area contributed by atoms with Gasteiger partial charge in [0, 0.05) is 33.3 Å². The SMILES string of the molecule is Cc1ccccc1C[N+]1(Cc2ccccc2Cl)C(=O)C2(COc3cc4c(cc32)OCO4)c2ccccc21. The summed E-state index contributed by atoms with van der Waals surface area (Å²) in [5.74, 6) is 2.03. The van der Waals surface area contributed by atoms with Crippen molar-refractivity contribution in [3.63, 3.8) is 0 Å². The van der Waals surface area contributed by atoms with E-state index >= 15 is 4.79 Å². The van der Waals surface area contributed by atoms with Crippen molar-refractivity contribution < 1.29 is 19.0 Å². The van der Waals surface area contributed by atoms with Crippen LogP contribution >= 0.6 is 11.6 Å². The van der Waals surface area contributed by atoms with Gasteiger partial charge in [-0.15, -0.1) is 0 Å². The van der Waals surface area contributed by atoms with Crippen molar-refractivity contribution in [2.75, 3.05) is 13.4 Å². The highest BCUT2D eigenvalue weighted by atomic mass is 35.5. The molecule has 4 aromatic carbocycles. The van der Waals surface area contributed by atoms with Gasteiger partial charge in [-0.25, -0.2) is 9.28 Å². The van der Waals surface area contributed by atoms with Crippen molar-refractivity contribution in [2.24, 2.45) is 0 Å². The van der Waals surface area contributed by atoms with E-state index in [4.69, 9.17) is 25.8 Å². The molecule has 6 heteroatoms. The number of ether oxygens (including phenoxy) is 3. The second-order valence-corrected chi connectivity index (χ2v) is 10.4. The molecule has 5 nitrogen and oxygen atoms in total. The molecule has 0 aromatic heterocycles. The van der Waals surface area contributed by atoms with E-state index < -0.39 is 5.41 Å². The minimum absolute atomic E-state index is 0.0782. The number of quaternary nitrogens is 1. The van der Waals surface area contributed by atoms with Crippen LogP contribution in [0.1, 0.15) is 27.8 Å². The number of nitrogens with zero attached hydrogens (tertiary/aromatic N) is 1. The van der Waals surface area contributed by atoms with Gasteiger partial charge in [-0.2, -0.15) is 0 Å². The summed E-state index contributed by atoms with van der Waals surface area (Å²) in [5.41, 5.74) is 5.02. The molecule has 2 unspecified atom stereocenters. The number of amides is 1. The van der Waals surface area contributed by atoms with Gasteiger partial charge in [0.2, 0.25) is 6.79 Å². The number of carbonyl (C=O) groups excluding carboxylic acids is 1. The maximum absolute atomic E-state index is 15.2. The summed E-state index contributed by atoms with van der Waals surface area (Å²) in [6.45, 7) is 3.44. The van der Waals surface area contributed by atoms with E-state index in [9.17, 15) is 0 Å². The minimum atomic E-state index is -0.961. The van der Waals surface area contributed by atoms with E-state index in [1.54, 1.807) is 0 Å². The summed E-state index contributed by atoms with van der Waals surface area (Å²) >= 11 is 6.69. The lowest BCUT2D eigenvalue weighted by molar-refractivity contribution is -0.134. The number of rotatable bonds is 4. The lowest BCUT2D eigenvalue weighted by Gasteiger charge is -2.34. The Labute approximate surface area is 220 Å². The van der Waals surface area contributed by atoms with Gasteiger partial charge in [-0.05, 0) is 30.7 Å². The van der Waals surface area contributed by atoms with E-state index in [0.717, 1.165) is 33.5 Å². The fourth-order valence-corrected chi connectivity index (χ4v) is 6.40. The first kappa shape index (κ1) is 22.4. The number of para-hydroxylation sites is 1. The average molecular weight is 511 g/mol. The first-order chi connectivity index (χ1) is 18.0. The molecule has 37 heavy (non-hydrogen) atoms. The number of benzene rings is 4. The third-order valence-electron chi connectivity index (χ3n) is 8.06. The molecule has 7 rings (SSSR count). The summed E-state index contributed by atoms with van der Waals surface area (Å²) in [7, 11) is 0. The Hall–Kier alpha value is -3.80. The highest BCUT2D eigenvalue weighted by Crippen LogP contribution is 2.58. The fourth-order valence-electron chi connectivity index (χ4n) is 6.20. The number of hydrogen-bond acceptors (Lipinski definition) is 4. The van der Waals surface area contributed by atoms with Crippen LogP contribution in [0.15, 0.2) is 84.9 Å². The van der Waals surface area contributed by atoms with Crippen LogP contribution < -0.4 is 18.7 Å². The molecule has 0 radical (unpaired) electrons. The summed E-state index contributed by atoms with van der Waals surface area (Å²) in [5, 5.41) is 0.655. The smallest absolute Gasteiger partial charge is 0.338 e. The lowest BCUT2D eigenvalue weighted by Crippen LogP contribution is -2.56. The zero-order chi connectivity index (χ0) is 25.2. The standard InChI is InChI=1S/C31H25ClNO4/c1-20-8-2-3-9-21(20)16-33(17-22-10-4-6-12-25(22)32)26-13-7-5-11-23(26)31(30(33)34)18-35-27-15-29-28(14-24(27)31)36-19-37-29/h2-15H,16-19H2,1H3/q+1. The quantitative estimate of drug-likeness (QED) is 0.302. The van der Waals surface area contributed by atoms with Gasteiger partial charge in [-0.1, -0.05) is 72.3 Å². The zero-order valence-electron chi connectivity index (χ0n) is 20.4. The summed E-state index contributed by atoms with van der Waals surface area (Å²) in [4.78, 5) is 15.2. The normalized spacial score (nSPS) is 22.7. The molecule has 0 N–H and O–H groups in total. The second-order valence-electron chi connectivity index (χ2n) is 10.0. The second kappa shape index (κ2) is 8.10. The van der Waals surface area contributed by atoms with Crippen molar-refractivity contribution in [2.45, 2.75) is 25.4 Å². The third kappa shape index (κ3) is 3.11. The Morgan fingerprint density at radius 1 is 0.784 bits per heavy atom. The number of fused-ring (bicyclic) bond motifs is 5. The molecule has 0 fully saturated rings. The molecule has 184 valence electrons. The van der Waals surface area contributed by atoms with Crippen LogP contribution in [-0.2, 0) is 23.3 Å². The van der Waals surface area contributed by atoms with Crippen LogP contribution in [-0.4, -0.2) is 19.3 Å². The Kier molecular flexibility index (Phi) is 4.91. The van der Waals surface area contributed by atoms with Crippen LogP contribution in [0.3, 0.4) is 0 Å². The molecule has 2 atom stereocenters. The molecule has 0 saturated heterocycles. The van der Waals surface area contributed by atoms with Gasteiger partial charge in [0.15, 0.2) is 16.9 Å². The molecule has 3 heterocycles. The van der Waals surface area contributed by atoms with E-state index in [1.807, 2.05) is 60.7 Å². The van der Waals surface area contributed by atoms with Crippen LogP contribution in [0.4, 0.5) is 5.69 Å². The van der Waals surface area contributed by atoms with Crippen molar-refractivity contribution >= 4 is 23.2 Å². The van der Waals surface area contributed by atoms with Crippen LogP contribution in [0.25, 0.3) is 0 Å². The van der Waals surface area contributed by atoms with Crippen molar-refractivity contribution in [3.8, 4) is 17.2 Å². The molecular formula is C31H25ClNO4+. The number of carbonyl (C=O) groups is 1. The first-order valence-electron chi connectivity index (χ1n) is 12.4. The van der Waals surface area contributed by atoms with Gasteiger partial charge in [0.1, 0.15) is 31.1 Å². The molecule has 3 aliphatic rings. The zero-order valence-corrected chi connectivity index (χ0v) is 21.1. The fraction of sp³-hybridized carbons (Fsp3) is 0.194. The highest BCUT2D eigenvalue weighted by molar-refractivity contribution is 6.31. The van der Waals surface area contributed by atoms with E-state index in [0.29, 0.717) is 35.4 Å². The highest BCUT2D eigenvalue weighted by Gasteiger charge is 2.66. The van der Waals surface area contributed by atoms with Gasteiger partial charge >= 0.3 is 5.91 Å². The number of hydrogen-bond donors (Lipinski definition) is 0. The van der Waals surface area contributed by atoms with Crippen LogP contribution in [0, 0.1) is 6.92 Å². The van der Waals surface area contributed by atoms with E-state index in [2.05, 4.69) is 31.2 Å². The van der Waals surface area contributed by atoms with Crippen LogP contribution in [0.5, 0.6) is 17.2 Å². The van der Waals surface area contributed by atoms with E-state index in [1.165, 1.54) is 0 Å². The monoisotopic (exact) mass is 510 g/mol. The summed E-state index contributed by atoms with van der Waals surface area (Å²) in [6.07, 6.45) is 0. The van der Waals surface area contributed by atoms with Gasteiger partial charge < -0.3 is 14.2 Å². The molecule has 0 bridgehead atoms. The van der Waals surface area contributed by atoms with Crippen molar-refractivity contribution in [1.29, 1.82) is 0 Å². The molecule has 4 aromatic rings. The Morgan fingerprint density at radius 3 is 2.27 bits per heavy atom. The van der Waals surface area contributed by atoms with Gasteiger partial charge in [0.05, 0.1) is 0 Å². The Bertz CT molecular complexity index is 1530. The minimum Gasteiger partial charge on any atom is -0.491 e. The number of halogens is 1. The number of aryl methyl sites for hydroxylation is 1. The maximum atomic E-state index is 15.2. The molecule has 0 saturated carbocycles. The predicted molar refractivity (Wildman–Crippen MR) is 142 cm³/mol. The Balaban J connectivity index is 1.48. The largest absolute Gasteiger partial charge is 0.491 e.